The second kappa shape index (κ2) is 6.29. The van der Waals surface area contributed by atoms with Gasteiger partial charge in [0.05, 0.1) is 26.3 Å². The predicted molar refractivity (Wildman–Crippen MR) is 98.4 cm³/mol. The van der Waals surface area contributed by atoms with Crippen molar-refractivity contribution in [2.45, 2.75) is 13.5 Å². The summed E-state index contributed by atoms with van der Waals surface area (Å²) in [7, 11) is 3.23. The minimum absolute atomic E-state index is 0.358. The third-order valence-electron chi connectivity index (χ3n) is 4.61. The SMILES string of the molecule is COc1cc(OC)cc(N2COc3ccc4c(C)cc(=O)oc4c3C2)c1. The Morgan fingerprint density at radius 1 is 1.04 bits per heavy atom. The first-order valence-corrected chi connectivity index (χ1v) is 8.26. The second-order valence-corrected chi connectivity index (χ2v) is 6.21. The quantitative estimate of drug-likeness (QED) is 0.672. The summed E-state index contributed by atoms with van der Waals surface area (Å²) in [5.74, 6) is 2.13. The van der Waals surface area contributed by atoms with E-state index in [-0.39, 0.29) is 5.63 Å². The number of fused-ring (bicyclic) bond motifs is 3. The highest BCUT2D eigenvalue weighted by atomic mass is 16.5. The number of rotatable bonds is 3. The van der Waals surface area contributed by atoms with E-state index < -0.39 is 0 Å². The van der Waals surface area contributed by atoms with Crippen molar-refractivity contribution in [1.29, 1.82) is 0 Å². The van der Waals surface area contributed by atoms with E-state index in [0.29, 0.717) is 30.4 Å². The van der Waals surface area contributed by atoms with Gasteiger partial charge >= 0.3 is 5.63 Å². The predicted octanol–water partition coefficient (Wildman–Crippen LogP) is 3.48. The molecule has 0 radical (unpaired) electrons. The smallest absolute Gasteiger partial charge is 0.336 e. The summed E-state index contributed by atoms with van der Waals surface area (Å²) >= 11 is 0. The molecule has 0 unspecified atom stereocenters. The third-order valence-corrected chi connectivity index (χ3v) is 4.61. The van der Waals surface area contributed by atoms with Crippen molar-refractivity contribution >= 4 is 16.7 Å². The molecule has 1 aliphatic heterocycles. The lowest BCUT2D eigenvalue weighted by Crippen LogP contribution is -2.32. The number of hydrogen-bond acceptors (Lipinski definition) is 6. The summed E-state index contributed by atoms with van der Waals surface area (Å²) in [6.45, 7) is 2.83. The third kappa shape index (κ3) is 2.73. The highest BCUT2D eigenvalue weighted by Crippen LogP contribution is 2.36. The molecule has 0 saturated carbocycles. The lowest BCUT2D eigenvalue weighted by molar-refractivity contribution is 0.288. The van der Waals surface area contributed by atoms with Crippen molar-refractivity contribution < 1.29 is 18.6 Å². The van der Waals surface area contributed by atoms with E-state index in [2.05, 4.69) is 0 Å². The van der Waals surface area contributed by atoms with Gasteiger partial charge in [-0.1, -0.05) is 0 Å². The molecule has 134 valence electrons. The van der Waals surface area contributed by atoms with Gasteiger partial charge in [0.25, 0.3) is 0 Å². The van der Waals surface area contributed by atoms with Gasteiger partial charge in [0.15, 0.2) is 6.73 Å². The van der Waals surface area contributed by atoms with Crippen molar-refractivity contribution in [1.82, 2.24) is 0 Å². The monoisotopic (exact) mass is 353 g/mol. The van der Waals surface area contributed by atoms with Crippen molar-refractivity contribution in [2.75, 3.05) is 25.9 Å². The topological polar surface area (TPSA) is 61.1 Å². The second-order valence-electron chi connectivity index (χ2n) is 6.21. The molecule has 0 spiro atoms. The van der Waals surface area contributed by atoms with Gasteiger partial charge in [-0.05, 0) is 24.6 Å². The minimum atomic E-state index is -0.358. The van der Waals surface area contributed by atoms with Crippen LogP contribution in [-0.2, 0) is 6.54 Å². The van der Waals surface area contributed by atoms with Crippen LogP contribution in [0.4, 0.5) is 5.69 Å². The maximum Gasteiger partial charge on any atom is 0.336 e. The highest BCUT2D eigenvalue weighted by molar-refractivity contribution is 5.85. The van der Waals surface area contributed by atoms with E-state index in [1.165, 1.54) is 6.07 Å². The van der Waals surface area contributed by atoms with Crippen LogP contribution in [0.25, 0.3) is 11.0 Å². The Hall–Kier alpha value is -3.15. The average molecular weight is 353 g/mol. The van der Waals surface area contributed by atoms with Crippen molar-refractivity contribution in [2.24, 2.45) is 0 Å². The molecule has 0 saturated heterocycles. The zero-order valence-electron chi connectivity index (χ0n) is 14.9. The largest absolute Gasteiger partial charge is 0.497 e. The standard InChI is InChI=1S/C20H19NO5/c1-12-6-19(22)26-20-16(12)4-5-18-17(20)10-21(11-25-18)13-7-14(23-2)9-15(8-13)24-3/h4-9H,10-11H2,1-3H3. The van der Waals surface area contributed by atoms with Gasteiger partial charge in [0.2, 0.25) is 0 Å². The Balaban J connectivity index is 1.80. The molecule has 0 bridgehead atoms. The lowest BCUT2D eigenvalue weighted by atomic mass is 10.0. The molecular weight excluding hydrogens is 334 g/mol. The van der Waals surface area contributed by atoms with Gasteiger partial charge in [0, 0.05) is 35.3 Å². The van der Waals surface area contributed by atoms with Crippen LogP contribution in [0.15, 0.2) is 45.6 Å². The Kier molecular flexibility index (Phi) is 3.95. The Bertz CT molecular complexity index is 1020. The van der Waals surface area contributed by atoms with E-state index in [9.17, 15) is 4.79 Å². The van der Waals surface area contributed by atoms with E-state index in [0.717, 1.165) is 28.0 Å². The Morgan fingerprint density at radius 2 is 1.77 bits per heavy atom. The molecule has 6 nitrogen and oxygen atoms in total. The fourth-order valence-corrected chi connectivity index (χ4v) is 3.23. The van der Waals surface area contributed by atoms with Crippen LogP contribution >= 0.6 is 0 Å². The first-order chi connectivity index (χ1) is 12.6. The number of ether oxygens (including phenoxy) is 3. The minimum Gasteiger partial charge on any atom is -0.497 e. The number of nitrogens with zero attached hydrogens (tertiary/aromatic N) is 1. The van der Waals surface area contributed by atoms with E-state index in [1.807, 2.05) is 42.2 Å². The zero-order valence-corrected chi connectivity index (χ0v) is 14.9. The highest BCUT2D eigenvalue weighted by Gasteiger charge is 2.23. The van der Waals surface area contributed by atoms with E-state index in [4.69, 9.17) is 18.6 Å². The van der Waals surface area contributed by atoms with Gasteiger partial charge in [-0.15, -0.1) is 0 Å². The van der Waals surface area contributed by atoms with Gasteiger partial charge in [-0.25, -0.2) is 4.79 Å². The molecule has 0 aliphatic carbocycles. The number of hydrogen-bond donors (Lipinski definition) is 0. The molecule has 1 aromatic heterocycles. The summed E-state index contributed by atoms with van der Waals surface area (Å²) in [6.07, 6.45) is 0. The first kappa shape index (κ1) is 16.3. The molecule has 6 heteroatoms. The van der Waals surface area contributed by atoms with Gasteiger partial charge in [-0.3, -0.25) is 0 Å². The van der Waals surface area contributed by atoms with Crippen LogP contribution in [-0.4, -0.2) is 21.0 Å². The molecule has 1 aliphatic rings. The maximum absolute atomic E-state index is 11.9. The molecule has 2 aromatic carbocycles. The maximum atomic E-state index is 11.9. The summed E-state index contributed by atoms with van der Waals surface area (Å²) in [5, 5.41) is 0.914. The van der Waals surface area contributed by atoms with Crippen molar-refractivity contribution in [3.8, 4) is 17.2 Å². The molecule has 2 heterocycles. The van der Waals surface area contributed by atoms with Crippen LogP contribution in [0.5, 0.6) is 17.2 Å². The normalized spacial score (nSPS) is 13.3. The lowest BCUT2D eigenvalue weighted by Gasteiger charge is -2.31. The molecular formula is C20H19NO5. The Labute approximate surface area is 150 Å². The fourth-order valence-electron chi connectivity index (χ4n) is 3.23. The molecule has 3 aromatic rings. The van der Waals surface area contributed by atoms with Crippen LogP contribution < -0.4 is 24.7 Å². The average Bonchev–Trinajstić information content (AvgIpc) is 2.66. The molecule has 26 heavy (non-hydrogen) atoms. The number of methoxy groups -OCH3 is 2. The van der Waals surface area contributed by atoms with E-state index >= 15 is 0 Å². The Morgan fingerprint density at radius 3 is 2.46 bits per heavy atom. The number of benzene rings is 2. The summed E-state index contributed by atoms with van der Waals surface area (Å²) in [6, 6.07) is 11.0. The molecule has 4 rings (SSSR count). The fraction of sp³-hybridized carbons (Fsp3) is 0.250. The zero-order chi connectivity index (χ0) is 18.3. The summed E-state index contributed by atoms with van der Waals surface area (Å²) in [4.78, 5) is 13.9. The molecule has 0 atom stereocenters. The molecule has 0 N–H and O–H groups in total. The number of aryl methyl sites for hydroxylation is 1. The van der Waals surface area contributed by atoms with Crippen molar-refractivity contribution in [3.63, 3.8) is 0 Å². The van der Waals surface area contributed by atoms with Gasteiger partial charge in [-0.2, -0.15) is 0 Å². The van der Waals surface area contributed by atoms with Gasteiger partial charge in [0.1, 0.15) is 22.8 Å². The van der Waals surface area contributed by atoms with Crippen LogP contribution in [0, 0.1) is 6.92 Å². The first-order valence-electron chi connectivity index (χ1n) is 8.26. The van der Waals surface area contributed by atoms with Gasteiger partial charge < -0.3 is 23.5 Å². The summed E-state index contributed by atoms with van der Waals surface area (Å²) < 4.78 is 22.1. The molecule has 0 amide bonds. The molecule has 0 fully saturated rings. The van der Waals surface area contributed by atoms with Crippen molar-refractivity contribution in [3.05, 3.63) is 57.9 Å². The van der Waals surface area contributed by atoms with Crippen LogP contribution in [0.3, 0.4) is 0 Å². The number of anilines is 1. The van der Waals surface area contributed by atoms with Crippen LogP contribution in [0.1, 0.15) is 11.1 Å². The summed E-state index contributed by atoms with van der Waals surface area (Å²) in [5.41, 5.74) is 2.87. The van der Waals surface area contributed by atoms with Crippen LogP contribution in [0.2, 0.25) is 0 Å². The van der Waals surface area contributed by atoms with E-state index in [1.54, 1.807) is 14.2 Å².